The number of urea groups is 1. The Morgan fingerprint density at radius 1 is 1.29 bits per heavy atom. The number of hydrogen-bond donors (Lipinski definition) is 2. The van der Waals surface area contributed by atoms with Crippen LogP contribution in [0.4, 0.5) is 4.79 Å². The molecule has 0 radical (unpaired) electrons. The van der Waals surface area contributed by atoms with Crippen molar-refractivity contribution in [2.75, 3.05) is 6.54 Å². The van der Waals surface area contributed by atoms with Crippen LogP contribution in [0.2, 0.25) is 0 Å². The summed E-state index contributed by atoms with van der Waals surface area (Å²) in [5.41, 5.74) is 0.775. The highest BCUT2D eigenvalue weighted by Gasteiger charge is 2.37. The Morgan fingerprint density at radius 3 is 2.83 bits per heavy atom. The monoisotopic (exact) mass is 335 g/mol. The van der Waals surface area contributed by atoms with Gasteiger partial charge in [-0.15, -0.1) is 0 Å². The van der Waals surface area contributed by atoms with Crippen LogP contribution in [0.25, 0.3) is 0 Å². The lowest BCUT2D eigenvalue weighted by Crippen LogP contribution is -2.54. The summed E-state index contributed by atoms with van der Waals surface area (Å²) in [6.45, 7) is 3.88. The van der Waals surface area contributed by atoms with Crippen molar-refractivity contribution in [2.24, 2.45) is 5.92 Å². The van der Waals surface area contributed by atoms with E-state index in [0.717, 1.165) is 63.7 Å². The molecule has 2 aliphatic rings. The van der Waals surface area contributed by atoms with Crippen molar-refractivity contribution in [3.63, 3.8) is 0 Å². The summed E-state index contributed by atoms with van der Waals surface area (Å²) in [5.74, 6) is 0.228. The molecule has 0 bridgehead atoms. The number of likely N-dealkylation sites (tertiary alicyclic amines) is 1. The van der Waals surface area contributed by atoms with Crippen LogP contribution >= 0.6 is 0 Å². The molecule has 1 aromatic heterocycles. The van der Waals surface area contributed by atoms with Crippen LogP contribution in [0, 0.1) is 5.92 Å². The number of rotatable bonds is 4. The van der Waals surface area contributed by atoms with E-state index >= 15 is 0 Å². The summed E-state index contributed by atoms with van der Waals surface area (Å²) < 4.78 is 0. The number of nitrogens with zero attached hydrogens (tertiary/aromatic N) is 4. The number of aryl methyl sites for hydroxylation is 1. The second-order valence-electron chi connectivity index (χ2n) is 6.96. The molecule has 134 valence electrons. The molecule has 3 atom stereocenters. The van der Waals surface area contributed by atoms with E-state index < -0.39 is 0 Å². The Hall–Kier alpha value is -1.63. The van der Waals surface area contributed by atoms with Gasteiger partial charge in [0.2, 0.25) is 0 Å². The first kappa shape index (κ1) is 17.2. The number of piperidine rings is 1. The number of aliphatic hydroxyl groups excluding tert-OH is 1. The topological polar surface area (TPSA) is 83.3 Å². The molecular formula is C17H29N5O2. The normalized spacial score (nSPS) is 27.9. The second kappa shape index (κ2) is 7.96. The third-order valence-electron chi connectivity index (χ3n) is 5.37. The molecule has 2 heterocycles. The lowest BCUT2D eigenvalue weighted by molar-refractivity contribution is 0.00833. The highest BCUT2D eigenvalue weighted by molar-refractivity contribution is 5.74. The second-order valence-corrected chi connectivity index (χ2v) is 6.96. The Morgan fingerprint density at radius 2 is 2.08 bits per heavy atom. The minimum absolute atomic E-state index is 0.0384. The van der Waals surface area contributed by atoms with E-state index in [9.17, 15) is 9.90 Å². The smallest absolute Gasteiger partial charge is 0.317 e. The Labute approximate surface area is 143 Å². The average molecular weight is 335 g/mol. The predicted molar refractivity (Wildman–Crippen MR) is 90.2 cm³/mol. The van der Waals surface area contributed by atoms with Gasteiger partial charge in [0, 0.05) is 18.5 Å². The van der Waals surface area contributed by atoms with Crippen LogP contribution in [0.1, 0.15) is 57.6 Å². The minimum atomic E-state index is -0.262. The van der Waals surface area contributed by atoms with Crippen molar-refractivity contribution in [2.45, 2.75) is 77.1 Å². The third kappa shape index (κ3) is 3.88. The van der Waals surface area contributed by atoms with Gasteiger partial charge in [0.1, 0.15) is 5.69 Å². The maximum atomic E-state index is 12.7. The zero-order chi connectivity index (χ0) is 16.9. The van der Waals surface area contributed by atoms with E-state index in [2.05, 4.69) is 15.5 Å². The molecule has 2 fully saturated rings. The van der Waals surface area contributed by atoms with E-state index in [0.29, 0.717) is 6.54 Å². The fourth-order valence-electron chi connectivity index (χ4n) is 4.08. The molecule has 0 aromatic carbocycles. The van der Waals surface area contributed by atoms with Gasteiger partial charge in [-0.05, 0) is 39.0 Å². The largest absolute Gasteiger partial charge is 0.393 e. The molecule has 1 aliphatic carbocycles. The summed E-state index contributed by atoms with van der Waals surface area (Å²) in [6.07, 6.45) is 8.78. The van der Waals surface area contributed by atoms with Crippen molar-refractivity contribution >= 4 is 6.03 Å². The van der Waals surface area contributed by atoms with E-state index in [1.807, 2.05) is 11.8 Å². The van der Waals surface area contributed by atoms with E-state index in [1.54, 1.807) is 11.0 Å². The molecule has 1 saturated carbocycles. The van der Waals surface area contributed by atoms with Crippen molar-refractivity contribution in [3.8, 4) is 0 Å². The maximum Gasteiger partial charge on any atom is 0.317 e. The van der Waals surface area contributed by atoms with Gasteiger partial charge in [0.25, 0.3) is 0 Å². The summed E-state index contributed by atoms with van der Waals surface area (Å²) >= 11 is 0. The van der Waals surface area contributed by atoms with Gasteiger partial charge in [-0.25, -0.2) is 4.79 Å². The summed E-state index contributed by atoms with van der Waals surface area (Å²) in [7, 11) is 0. The van der Waals surface area contributed by atoms with Crippen molar-refractivity contribution in [1.29, 1.82) is 0 Å². The van der Waals surface area contributed by atoms with Crippen LogP contribution in [-0.4, -0.2) is 49.7 Å². The molecule has 1 aromatic rings. The van der Waals surface area contributed by atoms with E-state index in [-0.39, 0.29) is 24.1 Å². The number of nitrogens with one attached hydrogen (secondary N) is 1. The minimum Gasteiger partial charge on any atom is -0.393 e. The van der Waals surface area contributed by atoms with Crippen LogP contribution < -0.4 is 5.32 Å². The van der Waals surface area contributed by atoms with E-state index in [4.69, 9.17) is 0 Å². The van der Waals surface area contributed by atoms with Gasteiger partial charge in [-0.2, -0.15) is 15.0 Å². The highest BCUT2D eigenvalue weighted by atomic mass is 16.3. The first-order valence-corrected chi connectivity index (χ1v) is 9.30. The molecule has 2 amide bonds. The number of hydrogen-bond acceptors (Lipinski definition) is 4. The Bertz CT molecular complexity index is 547. The van der Waals surface area contributed by atoms with Gasteiger partial charge < -0.3 is 15.3 Å². The number of aromatic nitrogens is 3. The molecule has 3 rings (SSSR count). The number of carbonyl (C=O) groups excluding carboxylic acids is 1. The molecular weight excluding hydrogens is 306 g/mol. The van der Waals surface area contributed by atoms with Gasteiger partial charge in [0.15, 0.2) is 0 Å². The number of amides is 2. The standard InChI is InChI=1S/C17H29N5O2/c1-2-22-19-12-13(20-22)11-18-17(24)21-10-6-5-8-15(21)14-7-3-4-9-16(14)23/h12,14-16,23H,2-11H2,1H3,(H,18,24). The third-order valence-corrected chi connectivity index (χ3v) is 5.37. The molecule has 2 N–H and O–H groups in total. The molecule has 3 unspecified atom stereocenters. The van der Waals surface area contributed by atoms with Crippen molar-refractivity contribution in [1.82, 2.24) is 25.2 Å². The maximum absolute atomic E-state index is 12.7. The first-order chi connectivity index (χ1) is 11.7. The molecule has 7 nitrogen and oxygen atoms in total. The molecule has 0 spiro atoms. The SMILES string of the molecule is CCn1ncc(CNC(=O)N2CCCCC2C2CCCCC2O)n1. The fraction of sp³-hybridized carbons (Fsp3) is 0.824. The van der Waals surface area contributed by atoms with Gasteiger partial charge >= 0.3 is 6.03 Å². The highest BCUT2D eigenvalue weighted by Crippen LogP contribution is 2.34. The van der Waals surface area contributed by atoms with E-state index in [1.165, 1.54) is 0 Å². The zero-order valence-electron chi connectivity index (χ0n) is 14.5. The van der Waals surface area contributed by atoms with Gasteiger partial charge in [-0.3, -0.25) is 0 Å². The molecule has 7 heteroatoms. The zero-order valence-corrected chi connectivity index (χ0v) is 14.5. The van der Waals surface area contributed by atoms with Crippen LogP contribution in [0.15, 0.2) is 6.20 Å². The Balaban J connectivity index is 1.60. The lowest BCUT2D eigenvalue weighted by Gasteiger charge is -2.43. The van der Waals surface area contributed by atoms with Crippen LogP contribution in [0.5, 0.6) is 0 Å². The molecule has 1 saturated heterocycles. The molecule has 24 heavy (non-hydrogen) atoms. The summed E-state index contributed by atoms with van der Waals surface area (Å²) in [4.78, 5) is 16.3. The number of carbonyl (C=O) groups is 1. The average Bonchev–Trinajstić information content (AvgIpc) is 3.08. The van der Waals surface area contributed by atoms with Gasteiger partial charge in [0.05, 0.1) is 25.4 Å². The summed E-state index contributed by atoms with van der Waals surface area (Å²) in [6, 6.07) is 0.129. The van der Waals surface area contributed by atoms with Crippen LogP contribution in [0.3, 0.4) is 0 Å². The number of aliphatic hydroxyl groups is 1. The molecule has 1 aliphatic heterocycles. The lowest BCUT2D eigenvalue weighted by atomic mass is 9.78. The van der Waals surface area contributed by atoms with Gasteiger partial charge in [-0.1, -0.05) is 12.8 Å². The van der Waals surface area contributed by atoms with Crippen LogP contribution in [-0.2, 0) is 13.1 Å². The Kier molecular flexibility index (Phi) is 5.71. The van der Waals surface area contributed by atoms with Crippen molar-refractivity contribution in [3.05, 3.63) is 11.9 Å². The predicted octanol–water partition coefficient (Wildman–Crippen LogP) is 1.91. The summed E-state index contributed by atoms with van der Waals surface area (Å²) in [5, 5.41) is 21.8. The quantitative estimate of drug-likeness (QED) is 0.880. The fourth-order valence-corrected chi connectivity index (χ4v) is 4.08. The van der Waals surface area contributed by atoms with Crippen molar-refractivity contribution < 1.29 is 9.90 Å². The first-order valence-electron chi connectivity index (χ1n) is 9.30.